The lowest BCUT2D eigenvalue weighted by atomic mass is 10.1. The molecule has 78 valence electrons. The molecule has 0 saturated carbocycles. The van der Waals surface area contributed by atoms with Crippen LogP contribution in [-0.4, -0.2) is 14.7 Å². The second-order valence-corrected chi connectivity index (χ2v) is 5.83. The molecule has 0 radical (unpaired) electrons. The van der Waals surface area contributed by atoms with Crippen molar-refractivity contribution in [2.75, 3.05) is 0 Å². The van der Waals surface area contributed by atoms with Gasteiger partial charge in [0.05, 0.1) is 10.5 Å². The van der Waals surface area contributed by atoms with Gasteiger partial charge in [0, 0.05) is 20.7 Å². The van der Waals surface area contributed by atoms with Crippen LogP contribution in [0.25, 0.3) is 0 Å². The van der Waals surface area contributed by atoms with Crippen LogP contribution in [0.5, 0.6) is 0 Å². The quantitative estimate of drug-likeness (QED) is 0.619. The molecule has 1 rings (SSSR count). The van der Waals surface area contributed by atoms with Crippen LogP contribution in [-0.2, 0) is 9.05 Å². The molecule has 0 amide bonds. The lowest BCUT2D eigenvalue weighted by molar-refractivity contribution is 0.112. The van der Waals surface area contributed by atoms with Gasteiger partial charge in [-0.25, -0.2) is 8.42 Å². The molecule has 7 heteroatoms. The number of benzene rings is 1. The number of carbonyl (C=O) groups is 1. The average molecular weight is 309 g/mol. The van der Waals surface area contributed by atoms with Gasteiger partial charge in [-0.2, -0.15) is 5.26 Å². The molecule has 0 heterocycles. The van der Waals surface area contributed by atoms with Crippen molar-refractivity contribution in [1.82, 2.24) is 0 Å². The summed E-state index contributed by atoms with van der Waals surface area (Å²) in [4.78, 5) is 10.4. The minimum absolute atomic E-state index is 0.127. The Kier molecular flexibility index (Phi) is 3.50. The van der Waals surface area contributed by atoms with Crippen molar-refractivity contribution in [2.24, 2.45) is 0 Å². The molecule has 0 spiro atoms. The summed E-state index contributed by atoms with van der Waals surface area (Å²) in [6, 6.07) is 4.20. The maximum absolute atomic E-state index is 11.1. The van der Waals surface area contributed by atoms with Crippen LogP contribution in [0.3, 0.4) is 0 Å². The highest BCUT2D eigenvalue weighted by atomic mass is 79.9. The van der Waals surface area contributed by atoms with Gasteiger partial charge in [0.15, 0.2) is 6.29 Å². The molecule has 0 atom stereocenters. The largest absolute Gasteiger partial charge is 0.298 e. The zero-order chi connectivity index (χ0) is 11.6. The number of hydrogen-bond acceptors (Lipinski definition) is 4. The number of aldehydes is 1. The van der Waals surface area contributed by atoms with Crippen molar-refractivity contribution in [3.8, 4) is 6.07 Å². The molecule has 0 bridgehead atoms. The second-order valence-electron chi connectivity index (χ2n) is 2.51. The van der Waals surface area contributed by atoms with E-state index in [9.17, 15) is 13.2 Å². The monoisotopic (exact) mass is 307 g/mol. The molecular weight excluding hydrogens is 306 g/mol. The van der Waals surface area contributed by atoms with Gasteiger partial charge < -0.3 is 0 Å². The third-order valence-electron chi connectivity index (χ3n) is 1.64. The summed E-state index contributed by atoms with van der Waals surface area (Å²) in [5.74, 6) is 0. The Morgan fingerprint density at radius 1 is 1.47 bits per heavy atom. The normalized spacial score (nSPS) is 10.7. The fourth-order valence-electron chi connectivity index (χ4n) is 0.984. The molecule has 1 aromatic carbocycles. The molecule has 0 N–H and O–H groups in total. The first-order chi connectivity index (χ1) is 6.91. The number of nitriles is 1. The molecule has 0 aliphatic rings. The van der Waals surface area contributed by atoms with Crippen LogP contribution >= 0.6 is 26.6 Å². The molecule has 0 aliphatic heterocycles. The summed E-state index contributed by atoms with van der Waals surface area (Å²) < 4.78 is 22.3. The number of rotatable bonds is 2. The molecule has 0 saturated heterocycles. The maximum Gasteiger partial charge on any atom is 0.262 e. The minimum Gasteiger partial charge on any atom is -0.298 e. The zero-order valence-corrected chi connectivity index (χ0v) is 10.2. The van der Waals surface area contributed by atoms with Gasteiger partial charge in [-0.1, -0.05) is 0 Å². The number of hydrogen-bond donors (Lipinski definition) is 0. The molecule has 0 fully saturated rings. The smallest absolute Gasteiger partial charge is 0.262 e. The molecule has 0 unspecified atom stereocenters. The molecule has 1 aromatic rings. The minimum atomic E-state index is -3.99. The third kappa shape index (κ3) is 2.37. The average Bonchev–Trinajstić information content (AvgIpc) is 2.15. The Hall–Kier alpha value is -0.900. The fourth-order valence-corrected chi connectivity index (χ4v) is 2.69. The highest BCUT2D eigenvalue weighted by Gasteiger charge is 2.19. The van der Waals surface area contributed by atoms with E-state index in [1.54, 1.807) is 6.07 Å². The molecule has 0 aliphatic carbocycles. The van der Waals surface area contributed by atoms with E-state index < -0.39 is 9.05 Å². The first-order valence-corrected chi connectivity index (χ1v) is 6.64. The SMILES string of the molecule is N#Cc1ccc(S(=O)(=O)Cl)c(C=O)c1Br. The molecule has 4 nitrogen and oxygen atoms in total. The van der Waals surface area contributed by atoms with Crippen LogP contribution in [0.2, 0.25) is 0 Å². The van der Waals surface area contributed by atoms with Crippen molar-refractivity contribution in [3.63, 3.8) is 0 Å². The van der Waals surface area contributed by atoms with Gasteiger partial charge in [-0.15, -0.1) is 0 Å². The molecule has 0 aromatic heterocycles. The Bertz CT molecular complexity index is 562. The van der Waals surface area contributed by atoms with Crippen molar-refractivity contribution in [3.05, 3.63) is 27.7 Å². The highest BCUT2D eigenvalue weighted by Crippen LogP contribution is 2.28. The predicted molar refractivity (Wildman–Crippen MR) is 57.3 cm³/mol. The van der Waals surface area contributed by atoms with Gasteiger partial charge in [0.25, 0.3) is 9.05 Å². The van der Waals surface area contributed by atoms with E-state index >= 15 is 0 Å². The van der Waals surface area contributed by atoms with Crippen LogP contribution in [0.15, 0.2) is 21.5 Å². The lowest BCUT2D eigenvalue weighted by Crippen LogP contribution is -1.99. The predicted octanol–water partition coefficient (Wildman–Crippen LogP) is 2.06. The Labute approximate surface area is 99.0 Å². The van der Waals surface area contributed by atoms with Crippen LogP contribution in [0.1, 0.15) is 15.9 Å². The summed E-state index contributed by atoms with van der Waals surface area (Å²) in [7, 11) is 1.13. The molecule has 15 heavy (non-hydrogen) atoms. The highest BCUT2D eigenvalue weighted by molar-refractivity contribution is 9.10. The Morgan fingerprint density at radius 2 is 2.07 bits per heavy atom. The van der Waals surface area contributed by atoms with Gasteiger partial charge >= 0.3 is 0 Å². The Balaban J connectivity index is 3.68. The number of nitrogens with zero attached hydrogens (tertiary/aromatic N) is 1. The van der Waals surface area contributed by atoms with E-state index in [0.717, 1.165) is 6.07 Å². The van der Waals surface area contributed by atoms with E-state index in [1.807, 2.05) is 0 Å². The second kappa shape index (κ2) is 4.31. The van der Waals surface area contributed by atoms with E-state index in [4.69, 9.17) is 15.9 Å². The first-order valence-electron chi connectivity index (χ1n) is 3.54. The van der Waals surface area contributed by atoms with Gasteiger partial charge in [-0.3, -0.25) is 4.79 Å². The number of halogens is 2. The standard InChI is InChI=1S/C8H3BrClNO3S/c9-8-5(3-11)1-2-7(6(8)4-12)15(10,13)14/h1-2,4H. The lowest BCUT2D eigenvalue weighted by Gasteiger charge is -2.04. The fraction of sp³-hybridized carbons (Fsp3) is 0. The first kappa shape index (κ1) is 12.2. The third-order valence-corrected chi connectivity index (χ3v) is 3.88. The zero-order valence-electron chi connectivity index (χ0n) is 7.07. The summed E-state index contributed by atoms with van der Waals surface area (Å²) >= 11 is 2.97. The van der Waals surface area contributed by atoms with Crippen molar-refractivity contribution in [2.45, 2.75) is 4.90 Å². The van der Waals surface area contributed by atoms with E-state index in [1.165, 1.54) is 6.07 Å². The van der Waals surface area contributed by atoms with E-state index in [2.05, 4.69) is 15.9 Å². The van der Waals surface area contributed by atoms with Crippen molar-refractivity contribution in [1.29, 1.82) is 5.26 Å². The maximum atomic E-state index is 11.1. The summed E-state index contributed by atoms with van der Waals surface area (Å²) in [6.45, 7) is 0. The van der Waals surface area contributed by atoms with Crippen molar-refractivity contribution >= 4 is 41.9 Å². The van der Waals surface area contributed by atoms with Crippen LogP contribution < -0.4 is 0 Å². The van der Waals surface area contributed by atoms with Crippen LogP contribution in [0.4, 0.5) is 0 Å². The Morgan fingerprint density at radius 3 is 2.47 bits per heavy atom. The van der Waals surface area contributed by atoms with Gasteiger partial charge in [0.1, 0.15) is 6.07 Å². The van der Waals surface area contributed by atoms with Crippen LogP contribution in [0, 0.1) is 11.3 Å². The van der Waals surface area contributed by atoms with Gasteiger partial charge in [-0.05, 0) is 28.1 Å². The summed E-state index contributed by atoms with van der Waals surface area (Å²) in [5, 5.41) is 8.65. The van der Waals surface area contributed by atoms with E-state index in [-0.39, 0.29) is 20.5 Å². The summed E-state index contributed by atoms with van der Waals surface area (Å²) in [5.41, 5.74) is 0.0187. The summed E-state index contributed by atoms with van der Waals surface area (Å²) in [6.07, 6.45) is 0.334. The van der Waals surface area contributed by atoms with Crippen molar-refractivity contribution < 1.29 is 13.2 Å². The van der Waals surface area contributed by atoms with Gasteiger partial charge in [0.2, 0.25) is 0 Å². The topological polar surface area (TPSA) is 75.0 Å². The molecular formula is C8H3BrClNO3S. The number of carbonyl (C=O) groups excluding carboxylic acids is 1. The van der Waals surface area contributed by atoms with E-state index in [0.29, 0.717) is 6.29 Å².